The number of aromatic nitrogens is 2. The van der Waals surface area contributed by atoms with Gasteiger partial charge in [-0.25, -0.2) is 4.98 Å². The summed E-state index contributed by atoms with van der Waals surface area (Å²) in [6.45, 7) is 1.54. The van der Waals surface area contributed by atoms with Gasteiger partial charge in [-0.3, -0.25) is 4.79 Å². The number of nitrogens with one attached hydrogen (secondary N) is 2. The number of halogens is 1. The molecule has 0 radical (unpaired) electrons. The minimum atomic E-state index is -0.0892. The van der Waals surface area contributed by atoms with Crippen molar-refractivity contribution in [2.75, 3.05) is 7.05 Å². The van der Waals surface area contributed by atoms with Crippen LogP contribution in [0.1, 0.15) is 11.4 Å². The number of nitrogens with zero attached hydrogens (tertiary/aromatic N) is 1. The summed E-state index contributed by atoms with van der Waals surface area (Å²) in [6, 6.07) is 17.8. The molecular weight excluding hydrogens is 378 g/mol. The average molecular weight is 397 g/mol. The van der Waals surface area contributed by atoms with E-state index in [-0.39, 0.29) is 5.56 Å². The zero-order valence-electron chi connectivity index (χ0n) is 14.8. The Morgan fingerprint density at radius 1 is 1.07 bits per heavy atom. The lowest BCUT2D eigenvalue weighted by Crippen LogP contribution is -3.06. The Kier molecular flexibility index (Phi) is 5.07. The van der Waals surface area contributed by atoms with Gasteiger partial charge in [0, 0.05) is 21.5 Å². The van der Waals surface area contributed by atoms with Crippen molar-refractivity contribution < 1.29 is 4.90 Å². The summed E-state index contributed by atoms with van der Waals surface area (Å²) in [5.74, 6) is 0.713. The highest BCUT2D eigenvalue weighted by atomic mass is 35.5. The quantitative estimate of drug-likeness (QED) is 0.542. The van der Waals surface area contributed by atoms with Gasteiger partial charge in [0.15, 0.2) is 5.82 Å². The molecule has 2 N–H and O–H groups in total. The lowest BCUT2D eigenvalue weighted by Gasteiger charge is -2.13. The molecule has 0 aliphatic heterocycles. The predicted molar refractivity (Wildman–Crippen MR) is 111 cm³/mol. The van der Waals surface area contributed by atoms with Crippen LogP contribution < -0.4 is 10.5 Å². The number of quaternary nitrogens is 1. The Morgan fingerprint density at radius 2 is 1.81 bits per heavy atom. The van der Waals surface area contributed by atoms with Crippen LogP contribution in [0.25, 0.3) is 21.3 Å². The molecule has 0 spiro atoms. The molecule has 4 nitrogen and oxygen atoms in total. The fraction of sp³-hybridized carbons (Fsp3) is 0.143. The zero-order chi connectivity index (χ0) is 18.8. The SMILES string of the molecule is C[NH+](Cc1ccccc1)Cc1nc2scc(-c3ccc(Cl)cc3)c2c(=O)[nH]1. The Hall–Kier alpha value is -2.47. The number of thiophene rings is 1. The summed E-state index contributed by atoms with van der Waals surface area (Å²) >= 11 is 7.47. The fourth-order valence-electron chi connectivity index (χ4n) is 3.21. The van der Waals surface area contributed by atoms with Crippen molar-refractivity contribution >= 4 is 33.2 Å². The maximum atomic E-state index is 12.7. The van der Waals surface area contributed by atoms with Gasteiger partial charge in [-0.1, -0.05) is 54.1 Å². The van der Waals surface area contributed by atoms with Crippen LogP contribution in [0.3, 0.4) is 0 Å². The molecule has 136 valence electrons. The number of hydrogen-bond acceptors (Lipinski definition) is 3. The second-order valence-corrected chi connectivity index (χ2v) is 7.94. The Bertz CT molecular complexity index is 1120. The van der Waals surface area contributed by atoms with E-state index in [1.165, 1.54) is 21.8 Å². The first-order valence-electron chi connectivity index (χ1n) is 8.72. The van der Waals surface area contributed by atoms with Crippen molar-refractivity contribution in [3.05, 3.63) is 86.7 Å². The molecule has 27 heavy (non-hydrogen) atoms. The molecule has 0 saturated heterocycles. The largest absolute Gasteiger partial charge is 0.327 e. The molecule has 2 heterocycles. The van der Waals surface area contributed by atoms with Crippen molar-refractivity contribution in [2.24, 2.45) is 0 Å². The molecule has 0 saturated carbocycles. The van der Waals surface area contributed by atoms with Gasteiger partial charge in [0.05, 0.1) is 12.4 Å². The normalized spacial score (nSPS) is 12.4. The van der Waals surface area contributed by atoms with Crippen molar-refractivity contribution in [1.29, 1.82) is 0 Å². The van der Waals surface area contributed by atoms with E-state index in [4.69, 9.17) is 16.6 Å². The minimum absolute atomic E-state index is 0.0892. The molecule has 6 heteroatoms. The fourth-order valence-corrected chi connectivity index (χ4v) is 4.30. The third kappa shape index (κ3) is 3.95. The lowest BCUT2D eigenvalue weighted by atomic mass is 10.1. The van der Waals surface area contributed by atoms with Crippen molar-refractivity contribution in [2.45, 2.75) is 13.1 Å². The number of hydrogen-bond donors (Lipinski definition) is 2. The molecule has 2 aromatic carbocycles. The summed E-state index contributed by atoms with van der Waals surface area (Å²) in [5.41, 5.74) is 3.04. The highest BCUT2D eigenvalue weighted by molar-refractivity contribution is 7.17. The molecule has 0 aliphatic carbocycles. The Balaban J connectivity index is 1.61. The van der Waals surface area contributed by atoms with Crippen LogP contribution >= 0.6 is 22.9 Å². The predicted octanol–water partition coefficient (Wildman–Crippen LogP) is 3.52. The van der Waals surface area contributed by atoms with Gasteiger partial charge in [-0.2, -0.15) is 0 Å². The lowest BCUT2D eigenvalue weighted by molar-refractivity contribution is -0.908. The monoisotopic (exact) mass is 396 g/mol. The summed E-state index contributed by atoms with van der Waals surface area (Å²) in [6.07, 6.45) is 0. The molecule has 0 aliphatic rings. The maximum Gasteiger partial charge on any atom is 0.260 e. The molecule has 0 fully saturated rings. The van der Waals surface area contributed by atoms with Gasteiger partial charge in [-0.15, -0.1) is 11.3 Å². The van der Waals surface area contributed by atoms with Crippen LogP contribution in [-0.4, -0.2) is 17.0 Å². The number of fused-ring (bicyclic) bond motifs is 1. The van der Waals surface area contributed by atoms with Gasteiger partial charge >= 0.3 is 0 Å². The van der Waals surface area contributed by atoms with Gasteiger partial charge in [0.1, 0.15) is 17.9 Å². The van der Waals surface area contributed by atoms with Crippen LogP contribution in [-0.2, 0) is 13.1 Å². The van der Waals surface area contributed by atoms with Gasteiger partial charge in [0.2, 0.25) is 0 Å². The summed E-state index contributed by atoms with van der Waals surface area (Å²) in [4.78, 5) is 22.4. The highest BCUT2D eigenvalue weighted by Gasteiger charge is 2.15. The smallest absolute Gasteiger partial charge is 0.260 e. The Labute approximate surface area is 166 Å². The van der Waals surface area contributed by atoms with Crippen LogP contribution in [0.4, 0.5) is 0 Å². The van der Waals surface area contributed by atoms with E-state index in [0.717, 1.165) is 22.5 Å². The van der Waals surface area contributed by atoms with E-state index in [9.17, 15) is 4.79 Å². The van der Waals surface area contributed by atoms with E-state index >= 15 is 0 Å². The first-order chi connectivity index (χ1) is 13.1. The molecule has 0 amide bonds. The first-order valence-corrected chi connectivity index (χ1v) is 9.97. The molecule has 1 unspecified atom stereocenters. The van der Waals surface area contributed by atoms with Crippen LogP contribution in [0, 0.1) is 0 Å². The topological polar surface area (TPSA) is 50.2 Å². The average Bonchev–Trinajstić information content (AvgIpc) is 3.07. The van der Waals surface area contributed by atoms with Crippen molar-refractivity contribution in [3.63, 3.8) is 0 Å². The van der Waals surface area contributed by atoms with Gasteiger partial charge in [0.25, 0.3) is 5.56 Å². The van der Waals surface area contributed by atoms with Crippen LogP contribution in [0.15, 0.2) is 64.8 Å². The number of rotatable bonds is 5. The van der Waals surface area contributed by atoms with Gasteiger partial charge < -0.3 is 9.88 Å². The third-order valence-electron chi connectivity index (χ3n) is 4.47. The minimum Gasteiger partial charge on any atom is -0.327 e. The van der Waals surface area contributed by atoms with E-state index in [0.29, 0.717) is 22.8 Å². The highest BCUT2D eigenvalue weighted by Crippen LogP contribution is 2.31. The van der Waals surface area contributed by atoms with Crippen molar-refractivity contribution in [3.8, 4) is 11.1 Å². The molecule has 2 aromatic heterocycles. The molecule has 4 aromatic rings. The van der Waals surface area contributed by atoms with Crippen LogP contribution in [0.2, 0.25) is 5.02 Å². The second-order valence-electron chi connectivity index (χ2n) is 6.65. The number of aromatic amines is 1. The van der Waals surface area contributed by atoms with Crippen molar-refractivity contribution in [1.82, 2.24) is 9.97 Å². The molecule has 1 atom stereocenters. The number of H-pyrrole nitrogens is 1. The summed E-state index contributed by atoms with van der Waals surface area (Å²) in [5, 5.41) is 3.31. The molecule has 0 bridgehead atoms. The van der Waals surface area contributed by atoms with E-state index < -0.39 is 0 Å². The maximum absolute atomic E-state index is 12.7. The number of benzene rings is 2. The van der Waals surface area contributed by atoms with Crippen LogP contribution in [0.5, 0.6) is 0 Å². The Morgan fingerprint density at radius 3 is 2.56 bits per heavy atom. The van der Waals surface area contributed by atoms with E-state index in [1.807, 2.05) is 47.8 Å². The molecular formula is C21H19ClN3OS+. The summed E-state index contributed by atoms with van der Waals surface area (Å²) < 4.78 is 0. The standard InChI is InChI=1S/C21H18ClN3OS/c1-25(11-14-5-3-2-4-6-14)12-18-23-20(26)19-17(13-27-21(19)24-18)15-7-9-16(22)10-8-15/h2-10,13H,11-12H2,1H3,(H,23,24,26)/p+1. The van der Waals surface area contributed by atoms with E-state index in [1.54, 1.807) is 0 Å². The first kappa shape index (κ1) is 17.9. The summed E-state index contributed by atoms with van der Waals surface area (Å²) in [7, 11) is 2.10. The van der Waals surface area contributed by atoms with E-state index in [2.05, 4.69) is 24.2 Å². The third-order valence-corrected chi connectivity index (χ3v) is 5.59. The zero-order valence-corrected chi connectivity index (χ0v) is 16.4. The molecule has 4 rings (SSSR count). The second kappa shape index (κ2) is 7.64. The van der Waals surface area contributed by atoms with Gasteiger partial charge in [-0.05, 0) is 17.7 Å².